The predicted molar refractivity (Wildman–Crippen MR) is 294 cm³/mol. The van der Waals surface area contributed by atoms with Crippen LogP contribution in [0.15, 0.2) is 60.7 Å². The summed E-state index contributed by atoms with van der Waals surface area (Å²) in [4.78, 5) is 203. The second kappa shape index (κ2) is 36.0. The number of carboxylic acid groups (broad SMARTS) is 5. The molecule has 0 saturated carbocycles. The minimum atomic E-state index is -2.23. The maximum absolute atomic E-state index is 14.2. The van der Waals surface area contributed by atoms with E-state index >= 15 is 0 Å². The second-order valence-corrected chi connectivity index (χ2v) is 19.9. The molecule has 85 heavy (non-hydrogen) atoms. The molecule has 11 amide bonds. The smallest absolute Gasteiger partial charge is 0.305 e. The Morgan fingerprint density at radius 1 is 0.388 bits per heavy atom. The molecule has 18 N–H and O–H groups in total. The van der Waals surface area contributed by atoms with Crippen LogP contribution in [-0.4, -0.2) is 194 Å². The number of hydrogen-bond donors (Lipinski definition) is 18. The van der Waals surface area contributed by atoms with Crippen molar-refractivity contribution in [3.8, 4) is 0 Å². The van der Waals surface area contributed by atoms with E-state index in [0.29, 0.717) is 11.1 Å². The van der Waals surface area contributed by atoms with Crippen LogP contribution in [0.3, 0.4) is 0 Å². The van der Waals surface area contributed by atoms with E-state index in [-0.39, 0.29) is 12.8 Å². The van der Waals surface area contributed by atoms with Crippen LogP contribution in [0, 0.1) is 5.92 Å². The van der Waals surface area contributed by atoms with Gasteiger partial charge < -0.3 is 84.4 Å². The van der Waals surface area contributed by atoms with Crippen LogP contribution >= 0.6 is 12.6 Å². The molecule has 0 spiro atoms. The molecule has 0 aliphatic carbocycles. The van der Waals surface area contributed by atoms with Gasteiger partial charge in [-0.1, -0.05) is 74.5 Å². The lowest BCUT2D eigenvalue weighted by atomic mass is 10.00. The minimum absolute atomic E-state index is 0.143. The number of amides is 11. The molecule has 0 saturated heterocycles. The number of benzene rings is 2. The number of carbonyl (C=O) groups excluding carboxylic acids is 11. The highest BCUT2D eigenvalue weighted by Crippen LogP contribution is 2.11. The van der Waals surface area contributed by atoms with Crippen LogP contribution < -0.4 is 64.2 Å². The molecule has 2 aromatic carbocycles. The first kappa shape index (κ1) is 71.4. The van der Waals surface area contributed by atoms with E-state index in [1.807, 2.05) is 31.9 Å². The van der Waals surface area contributed by atoms with Gasteiger partial charge in [0.05, 0.1) is 57.8 Å². The zero-order valence-electron chi connectivity index (χ0n) is 45.9. The van der Waals surface area contributed by atoms with Gasteiger partial charge in [0.25, 0.3) is 0 Å². The molecule has 0 aliphatic heterocycles. The van der Waals surface area contributed by atoms with Crippen molar-refractivity contribution in [1.29, 1.82) is 0 Å². The molecule has 0 bridgehead atoms. The third kappa shape index (κ3) is 28.2. The Morgan fingerprint density at radius 3 is 1.04 bits per heavy atom. The van der Waals surface area contributed by atoms with Gasteiger partial charge in [-0.05, 0) is 24.0 Å². The van der Waals surface area contributed by atoms with Crippen LogP contribution in [0.2, 0.25) is 0 Å². The van der Waals surface area contributed by atoms with Gasteiger partial charge in [0, 0.05) is 18.2 Å². The van der Waals surface area contributed by atoms with E-state index < -0.39 is 206 Å². The number of nitrogens with one attached hydrogen (secondary N) is 11. The summed E-state index contributed by atoms with van der Waals surface area (Å²) in [7, 11) is 0. The van der Waals surface area contributed by atoms with E-state index in [4.69, 9.17) is 10.8 Å². The van der Waals surface area contributed by atoms with Crippen molar-refractivity contribution in [1.82, 2.24) is 58.5 Å². The van der Waals surface area contributed by atoms with Crippen molar-refractivity contribution in [3.63, 3.8) is 0 Å². The standard InChI is InChI=1S/C51H68N12O21S/c1-24(2)43(44(52)77)63-51(84)29(15-27-12-8-5-9-13-27)59-46(79)28(14-26-10-6-4-7-11-26)58-49(82)33(19-41(73)74)62-50(83)34(20-42(75)76)61-48(81)32(18-40(71)72)57-37(66)23-54-35(64)21-53-36(65)22-55-45(78)30(16-38(67)68)60-47(80)31(17-39(69)70)56-25(3)85/h4-13,24-25,28-34,43,56,85H,14-23H2,1-3H3,(H2,52,77)(H,53,65)(H,54,64)(H,55,78)(H,57,66)(H,58,82)(H,59,79)(H,60,80)(H,61,81)(H,62,83)(H,63,84)(H,67,68)(H,69,70)(H,71,72)(H,73,74)(H,75,76). The Morgan fingerprint density at radius 2 is 0.682 bits per heavy atom. The van der Waals surface area contributed by atoms with E-state index in [1.165, 1.54) is 6.92 Å². The predicted octanol–water partition coefficient (Wildman–Crippen LogP) is -6.04. The second-order valence-electron chi connectivity index (χ2n) is 19.1. The highest BCUT2D eigenvalue weighted by Gasteiger charge is 2.36. The number of primary amides is 1. The minimum Gasteiger partial charge on any atom is -0.481 e. The van der Waals surface area contributed by atoms with Gasteiger partial charge in [-0.15, -0.1) is 0 Å². The van der Waals surface area contributed by atoms with Crippen LogP contribution in [-0.2, 0) is 89.6 Å². The molecule has 0 aromatic heterocycles. The average molecular weight is 1220 g/mol. The van der Waals surface area contributed by atoms with Gasteiger partial charge in [0.2, 0.25) is 65.0 Å². The van der Waals surface area contributed by atoms with Crippen molar-refractivity contribution in [2.45, 2.75) is 119 Å². The number of carboxylic acids is 5. The van der Waals surface area contributed by atoms with Crippen LogP contribution in [0.5, 0.6) is 0 Å². The van der Waals surface area contributed by atoms with Crippen molar-refractivity contribution < 1.29 is 102 Å². The largest absolute Gasteiger partial charge is 0.481 e. The van der Waals surface area contributed by atoms with Crippen molar-refractivity contribution in [3.05, 3.63) is 71.8 Å². The van der Waals surface area contributed by atoms with Crippen LogP contribution in [0.1, 0.15) is 64.0 Å². The Kier molecular flexibility index (Phi) is 30.2. The Labute approximate surface area is 489 Å². The first-order valence-electron chi connectivity index (χ1n) is 25.7. The maximum Gasteiger partial charge on any atom is 0.305 e. The lowest BCUT2D eigenvalue weighted by molar-refractivity contribution is -0.144. The van der Waals surface area contributed by atoms with E-state index in [1.54, 1.807) is 74.5 Å². The molecule has 9 atom stereocenters. The summed E-state index contributed by atoms with van der Waals surface area (Å²) >= 11 is 4.02. The van der Waals surface area contributed by atoms with Crippen molar-refractivity contribution >= 4 is 107 Å². The third-order valence-corrected chi connectivity index (χ3v) is 11.8. The van der Waals surface area contributed by atoms with E-state index in [0.717, 1.165) is 0 Å². The monoisotopic (exact) mass is 1220 g/mol. The first-order chi connectivity index (χ1) is 39.8. The van der Waals surface area contributed by atoms with Crippen molar-refractivity contribution in [2.75, 3.05) is 19.6 Å². The maximum atomic E-state index is 14.2. The summed E-state index contributed by atoms with van der Waals surface area (Å²) in [6.07, 6.45) is -5.98. The summed E-state index contributed by atoms with van der Waals surface area (Å²) in [6.45, 7) is 1.88. The fourth-order valence-corrected chi connectivity index (χ4v) is 7.73. The van der Waals surface area contributed by atoms with Gasteiger partial charge in [-0.2, -0.15) is 12.6 Å². The number of hydrogen-bond acceptors (Lipinski definition) is 18. The number of rotatable bonds is 38. The van der Waals surface area contributed by atoms with E-state index in [9.17, 15) is 97.1 Å². The normalized spacial score (nSPS) is 13.9. The molecule has 9 unspecified atom stereocenters. The van der Waals surface area contributed by atoms with Crippen molar-refractivity contribution in [2.24, 2.45) is 11.7 Å². The number of aliphatic carboxylic acids is 5. The Balaban J connectivity index is 2.22. The van der Waals surface area contributed by atoms with Crippen LogP contribution in [0.25, 0.3) is 0 Å². The highest BCUT2D eigenvalue weighted by molar-refractivity contribution is 7.80. The molecule has 33 nitrogen and oxygen atoms in total. The van der Waals surface area contributed by atoms with Crippen LogP contribution in [0.4, 0.5) is 0 Å². The third-order valence-electron chi connectivity index (χ3n) is 11.6. The zero-order valence-corrected chi connectivity index (χ0v) is 46.8. The molecular weight excluding hydrogens is 1150 g/mol. The first-order valence-corrected chi connectivity index (χ1v) is 26.2. The summed E-state index contributed by atoms with van der Waals surface area (Å²) in [5, 5.41) is 70.7. The van der Waals surface area contributed by atoms with Gasteiger partial charge in [-0.3, -0.25) is 82.0 Å². The Bertz CT molecular complexity index is 2770. The fraction of sp³-hybridized carbons (Fsp3) is 0.451. The molecule has 2 aromatic rings. The summed E-state index contributed by atoms with van der Waals surface area (Å²) < 4.78 is 0. The molecule has 0 fully saturated rings. The van der Waals surface area contributed by atoms with E-state index in [2.05, 4.69) is 39.2 Å². The lowest BCUT2D eigenvalue weighted by Crippen LogP contribution is -2.61. The molecule has 0 radical (unpaired) electrons. The summed E-state index contributed by atoms with van der Waals surface area (Å²) in [5.41, 5.74) is 6.50. The molecule has 0 aliphatic rings. The van der Waals surface area contributed by atoms with Gasteiger partial charge in [0.1, 0.15) is 42.3 Å². The molecule has 34 heteroatoms. The Hall–Kier alpha value is -9.73. The van der Waals surface area contributed by atoms with Gasteiger partial charge >= 0.3 is 29.8 Å². The molecule has 464 valence electrons. The van der Waals surface area contributed by atoms with Gasteiger partial charge in [0.15, 0.2) is 0 Å². The molecule has 0 heterocycles. The van der Waals surface area contributed by atoms with Gasteiger partial charge in [-0.25, -0.2) is 0 Å². The fourth-order valence-electron chi connectivity index (χ4n) is 7.55. The highest BCUT2D eigenvalue weighted by atomic mass is 32.1. The molecule has 2 rings (SSSR count). The number of carbonyl (C=O) groups is 16. The number of nitrogens with two attached hydrogens (primary N) is 1. The number of thiol groups is 1. The molecular formula is C51H68N12O21S. The summed E-state index contributed by atoms with van der Waals surface area (Å²) in [5.74, 6) is -21.5. The topological polar surface area (TPSA) is 533 Å². The SMILES string of the molecule is CC(S)NC(CC(=O)O)C(=O)NC(CC(=O)O)C(=O)NCC(=O)NCC(=O)NCC(=O)NC(CC(=O)O)C(=O)NC(CC(=O)O)C(=O)NC(CC(=O)O)C(=O)NC(Cc1ccccc1)C(=O)NC(Cc1ccccc1)C(=O)NC(C(N)=O)C(C)C. The lowest BCUT2D eigenvalue weighted by Gasteiger charge is -2.27. The summed E-state index contributed by atoms with van der Waals surface area (Å²) in [6, 6.07) is 2.31. The quantitative estimate of drug-likeness (QED) is 0.0220. The average Bonchev–Trinajstić information content (AvgIpc) is 3.43. The zero-order chi connectivity index (χ0) is 64.1.